The van der Waals surface area contributed by atoms with Crippen molar-refractivity contribution in [1.82, 2.24) is 4.31 Å². The average Bonchev–Trinajstić information content (AvgIpc) is 2.61. The van der Waals surface area contributed by atoms with Gasteiger partial charge in [0, 0.05) is 36.1 Å². The number of thiol groups is 1. The topological polar surface area (TPSA) is 88.6 Å². The molecule has 0 radical (unpaired) electrons. The maximum Gasteiger partial charge on any atom is 0.269 e. The van der Waals surface area contributed by atoms with Crippen LogP contribution in [0.2, 0.25) is 0 Å². The number of nitro groups is 1. The van der Waals surface area contributed by atoms with Crippen LogP contribution >= 0.6 is 12.8 Å². The van der Waals surface area contributed by atoms with Crippen LogP contribution in [0, 0.1) is 21.4 Å². The first kappa shape index (κ1) is 19.0. The van der Waals surface area contributed by atoms with Gasteiger partial charge < -0.3 is 13.8 Å². The molecule has 132 valence electrons. The van der Waals surface area contributed by atoms with Crippen molar-refractivity contribution in [1.29, 1.82) is 5.26 Å². The van der Waals surface area contributed by atoms with Crippen LogP contribution < -0.4 is 0 Å². The van der Waals surface area contributed by atoms with Gasteiger partial charge in [-0.25, -0.2) is 0 Å². The van der Waals surface area contributed by atoms with Crippen molar-refractivity contribution >= 4 is 24.1 Å². The fourth-order valence-corrected chi connectivity index (χ4v) is 2.97. The Bertz CT molecular complexity index is 765. The predicted molar refractivity (Wildman–Crippen MR) is 96.4 cm³/mol. The second-order valence-electron chi connectivity index (χ2n) is 5.54. The summed E-state index contributed by atoms with van der Waals surface area (Å²) in [5.74, 6) is 0. The largest absolute Gasteiger partial charge is 0.359 e. The fraction of sp³-hybridized carbons (Fsp3) is 0.353. The summed E-state index contributed by atoms with van der Waals surface area (Å²) in [5, 5.41) is 20.5. The third kappa shape index (κ3) is 3.85. The lowest BCUT2D eigenvalue weighted by molar-refractivity contribution is -0.384. The minimum absolute atomic E-state index is 0.000391. The molecule has 1 aromatic carbocycles. The Kier molecular flexibility index (Phi) is 6.20. The van der Waals surface area contributed by atoms with Crippen LogP contribution in [-0.2, 0) is 9.47 Å². The maximum atomic E-state index is 10.9. The summed E-state index contributed by atoms with van der Waals surface area (Å²) >= 11 is 4.48. The Hall–Kier alpha value is -2.34. The lowest BCUT2D eigenvalue weighted by Gasteiger charge is -2.34. The van der Waals surface area contributed by atoms with Gasteiger partial charge in [0.1, 0.15) is 6.79 Å². The van der Waals surface area contributed by atoms with Gasteiger partial charge in [-0.05, 0) is 31.5 Å². The molecule has 1 aliphatic heterocycles. The molecule has 2 rings (SSSR count). The van der Waals surface area contributed by atoms with Crippen LogP contribution in [0.1, 0.15) is 19.4 Å². The van der Waals surface area contributed by atoms with Gasteiger partial charge in [-0.2, -0.15) is 5.26 Å². The van der Waals surface area contributed by atoms with Crippen LogP contribution in [0.5, 0.6) is 0 Å². The molecule has 1 unspecified atom stereocenters. The summed E-state index contributed by atoms with van der Waals surface area (Å²) in [4.78, 5) is 10.4. The standard InChI is InChI=1S/C17H19N3O4S/c1-11-15(8-18)17(13-4-6-14(7-5-13)20(21)22)16(9-24-10-23-3)12(2)19(11)25/h4-7,11,25H,9-10H2,1-3H3. The zero-order chi connectivity index (χ0) is 18.6. The third-order valence-electron chi connectivity index (χ3n) is 4.07. The van der Waals surface area contributed by atoms with Crippen molar-refractivity contribution in [3.8, 4) is 6.07 Å². The molecule has 0 spiro atoms. The number of allylic oxidation sites excluding steroid dienone is 1. The first-order chi connectivity index (χ1) is 11.9. The lowest BCUT2D eigenvalue weighted by atomic mass is 9.86. The van der Waals surface area contributed by atoms with Gasteiger partial charge in [0.05, 0.1) is 29.2 Å². The molecule has 0 saturated heterocycles. The molecule has 0 amide bonds. The van der Waals surface area contributed by atoms with Crippen LogP contribution in [0.15, 0.2) is 41.1 Å². The van der Waals surface area contributed by atoms with E-state index in [1.165, 1.54) is 19.2 Å². The number of nitro benzene ring substituents is 1. The third-order valence-corrected chi connectivity index (χ3v) is 4.72. The van der Waals surface area contributed by atoms with E-state index in [1.807, 2.05) is 13.8 Å². The van der Waals surface area contributed by atoms with Gasteiger partial charge in [0.15, 0.2) is 0 Å². The van der Waals surface area contributed by atoms with E-state index in [0.29, 0.717) is 5.57 Å². The number of hydrogen-bond donors (Lipinski definition) is 1. The van der Waals surface area contributed by atoms with Crippen LogP contribution in [0.4, 0.5) is 5.69 Å². The van der Waals surface area contributed by atoms with Crippen molar-refractivity contribution in [3.63, 3.8) is 0 Å². The summed E-state index contributed by atoms with van der Waals surface area (Å²) in [5.41, 5.74) is 3.65. The molecule has 0 saturated carbocycles. The molecule has 0 bridgehead atoms. The summed E-state index contributed by atoms with van der Waals surface area (Å²) in [6.45, 7) is 4.14. The van der Waals surface area contributed by atoms with Crippen LogP contribution in [0.25, 0.3) is 5.57 Å². The Morgan fingerprint density at radius 1 is 1.40 bits per heavy atom. The lowest BCUT2D eigenvalue weighted by Crippen LogP contribution is -2.31. The molecule has 1 aliphatic rings. The van der Waals surface area contributed by atoms with Crippen molar-refractivity contribution in [3.05, 3.63) is 56.8 Å². The highest BCUT2D eigenvalue weighted by Crippen LogP contribution is 2.39. The van der Waals surface area contributed by atoms with E-state index in [-0.39, 0.29) is 25.1 Å². The van der Waals surface area contributed by atoms with Gasteiger partial charge in [0.25, 0.3) is 5.69 Å². The molecular weight excluding hydrogens is 342 g/mol. The summed E-state index contributed by atoms with van der Waals surface area (Å²) in [6, 6.07) is 8.17. The van der Waals surface area contributed by atoms with Gasteiger partial charge in [-0.3, -0.25) is 10.1 Å². The number of benzene rings is 1. The molecule has 25 heavy (non-hydrogen) atoms. The number of hydrogen-bond acceptors (Lipinski definition) is 7. The second-order valence-corrected chi connectivity index (χ2v) is 5.97. The van der Waals surface area contributed by atoms with Crippen molar-refractivity contribution in [2.75, 3.05) is 20.5 Å². The van der Waals surface area contributed by atoms with Crippen molar-refractivity contribution in [2.24, 2.45) is 0 Å². The number of ether oxygens (including phenoxy) is 2. The van der Waals surface area contributed by atoms with E-state index < -0.39 is 4.92 Å². The summed E-state index contributed by atoms with van der Waals surface area (Å²) in [6.07, 6.45) is 0. The predicted octanol–water partition coefficient (Wildman–Crippen LogP) is 3.32. The van der Waals surface area contributed by atoms with E-state index >= 15 is 0 Å². The van der Waals surface area contributed by atoms with Crippen molar-refractivity contribution < 1.29 is 14.4 Å². The fourth-order valence-electron chi connectivity index (χ4n) is 2.74. The highest BCUT2D eigenvalue weighted by Gasteiger charge is 2.30. The quantitative estimate of drug-likeness (QED) is 0.275. The van der Waals surface area contributed by atoms with Crippen LogP contribution in [0.3, 0.4) is 0 Å². The molecule has 1 heterocycles. The van der Waals surface area contributed by atoms with Gasteiger partial charge >= 0.3 is 0 Å². The minimum atomic E-state index is -0.452. The Morgan fingerprint density at radius 2 is 2.04 bits per heavy atom. The molecule has 0 aromatic heterocycles. The van der Waals surface area contributed by atoms with Gasteiger partial charge in [-0.15, -0.1) is 0 Å². The number of nitrogens with zero attached hydrogens (tertiary/aromatic N) is 3. The Morgan fingerprint density at radius 3 is 2.56 bits per heavy atom. The Labute approximate surface area is 151 Å². The highest BCUT2D eigenvalue weighted by atomic mass is 32.1. The monoisotopic (exact) mass is 361 g/mol. The van der Waals surface area contributed by atoms with Crippen LogP contribution in [-0.4, -0.2) is 35.8 Å². The number of methoxy groups -OCH3 is 1. The zero-order valence-electron chi connectivity index (χ0n) is 14.2. The number of nitriles is 1. The molecule has 8 heteroatoms. The normalized spacial score (nSPS) is 17.7. The zero-order valence-corrected chi connectivity index (χ0v) is 15.1. The van der Waals surface area contributed by atoms with Gasteiger partial charge in [-0.1, -0.05) is 12.8 Å². The first-order valence-electron chi connectivity index (χ1n) is 7.56. The highest BCUT2D eigenvalue weighted by molar-refractivity contribution is 7.77. The maximum absolute atomic E-state index is 10.9. The number of rotatable bonds is 6. The molecular formula is C17H19N3O4S. The molecule has 1 atom stereocenters. The van der Waals surface area contributed by atoms with E-state index in [2.05, 4.69) is 18.9 Å². The minimum Gasteiger partial charge on any atom is -0.359 e. The smallest absolute Gasteiger partial charge is 0.269 e. The molecule has 7 nitrogen and oxygen atoms in total. The first-order valence-corrected chi connectivity index (χ1v) is 7.96. The number of non-ortho nitro benzene ring substituents is 1. The van der Waals surface area contributed by atoms with Crippen molar-refractivity contribution in [2.45, 2.75) is 19.9 Å². The summed E-state index contributed by atoms with van der Waals surface area (Å²) < 4.78 is 12.1. The average molecular weight is 361 g/mol. The van der Waals surface area contributed by atoms with Gasteiger partial charge in [0.2, 0.25) is 0 Å². The molecule has 0 N–H and O–H groups in total. The molecule has 0 fully saturated rings. The van der Waals surface area contributed by atoms with E-state index in [0.717, 1.165) is 22.4 Å². The molecule has 0 aliphatic carbocycles. The van der Waals surface area contributed by atoms with E-state index in [4.69, 9.17) is 9.47 Å². The van der Waals surface area contributed by atoms with E-state index in [1.54, 1.807) is 16.4 Å². The Balaban J connectivity index is 2.55. The van der Waals surface area contributed by atoms with E-state index in [9.17, 15) is 15.4 Å². The molecule has 1 aromatic rings. The SMILES string of the molecule is COCOCC1=C(C)N(S)C(C)C(C#N)=C1c1ccc([N+](=O)[O-])cc1. The summed E-state index contributed by atoms with van der Waals surface area (Å²) in [7, 11) is 1.53. The second kappa shape index (κ2) is 8.16.